The van der Waals surface area contributed by atoms with Gasteiger partial charge in [-0.25, -0.2) is 0 Å². The summed E-state index contributed by atoms with van der Waals surface area (Å²) in [6.45, 7) is 16.1. The molecule has 2 N–H and O–H groups in total. The average molecular weight is 276 g/mol. The molecule has 0 radical (unpaired) electrons. The molecule has 112 valence electrons. The second kappa shape index (κ2) is 9.18. The molecular weight excluding hydrogens is 248 g/mol. The van der Waals surface area contributed by atoms with Crippen LogP contribution in [0.5, 0.6) is 0 Å². The Morgan fingerprint density at radius 3 is 2.45 bits per heavy atom. The average Bonchev–Trinajstić information content (AvgIpc) is 2.35. The topological polar surface area (TPSA) is 41.1 Å². The highest BCUT2D eigenvalue weighted by atomic mass is 16.1. The second-order valence-electron chi connectivity index (χ2n) is 5.46. The minimum Gasteiger partial charge on any atom is -0.380 e. The Morgan fingerprint density at radius 2 is 1.95 bits per heavy atom. The van der Waals surface area contributed by atoms with Gasteiger partial charge in [0.25, 0.3) is 0 Å². The van der Waals surface area contributed by atoms with E-state index in [1.807, 2.05) is 32.1 Å². The summed E-state index contributed by atoms with van der Waals surface area (Å²) in [5.41, 5.74) is 0.762. The van der Waals surface area contributed by atoms with E-state index in [1.165, 1.54) is 0 Å². The molecule has 1 atom stereocenters. The lowest BCUT2D eigenvalue weighted by molar-refractivity contribution is -0.125. The molecule has 0 saturated heterocycles. The summed E-state index contributed by atoms with van der Waals surface area (Å²) in [5, 5.41) is 6.29. The van der Waals surface area contributed by atoms with E-state index in [0.717, 1.165) is 12.1 Å². The molecule has 0 aromatic heterocycles. The van der Waals surface area contributed by atoms with Gasteiger partial charge in [-0.15, -0.1) is 0 Å². The van der Waals surface area contributed by atoms with Crippen LogP contribution < -0.4 is 10.6 Å². The highest BCUT2D eigenvalue weighted by molar-refractivity contribution is 5.78. The number of hydrogen-bond acceptors (Lipinski definition) is 2. The fourth-order valence-corrected chi connectivity index (χ4v) is 2.09. The van der Waals surface area contributed by atoms with Crippen molar-refractivity contribution < 1.29 is 4.79 Å². The minimum atomic E-state index is -0.190. The maximum absolute atomic E-state index is 11.8. The molecule has 0 rings (SSSR count). The van der Waals surface area contributed by atoms with Gasteiger partial charge in [0.1, 0.15) is 0 Å². The Hall–Kier alpha value is -1.77. The molecule has 1 unspecified atom stereocenters. The van der Waals surface area contributed by atoms with E-state index in [-0.39, 0.29) is 17.4 Å². The summed E-state index contributed by atoms with van der Waals surface area (Å²) in [4.78, 5) is 11.8. The van der Waals surface area contributed by atoms with Gasteiger partial charge in [-0.3, -0.25) is 4.79 Å². The molecule has 0 aliphatic heterocycles. The van der Waals surface area contributed by atoms with Gasteiger partial charge < -0.3 is 10.6 Å². The normalized spacial score (nSPS) is 13.9. The number of hydrogen-bond donors (Lipinski definition) is 2. The zero-order chi connectivity index (χ0) is 15.6. The van der Waals surface area contributed by atoms with Gasteiger partial charge >= 0.3 is 0 Å². The van der Waals surface area contributed by atoms with E-state index >= 15 is 0 Å². The smallest absolute Gasteiger partial charge is 0.222 e. The Bertz CT molecular complexity index is 392. The molecule has 3 nitrogen and oxygen atoms in total. The van der Waals surface area contributed by atoms with Crippen LogP contribution in [0.1, 0.15) is 34.1 Å². The van der Waals surface area contributed by atoms with Crippen LogP contribution in [0.25, 0.3) is 0 Å². The third kappa shape index (κ3) is 7.62. The molecule has 0 aliphatic rings. The van der Waals surface area contributed by atoms with Crippen LogP contribution in [0, 0.1) is 5.92 Å². The number of carbonyl (C=O) groups is 1. The first-order valence-electron chi connectivity index (χ1n) is 7.04. The van der Waals surface area contributed by atoms with Crippen LogP contribution in [0.15, 0.2) is 49.2 Å². The summed E-state index contributed by atoms with van der Waals surface area (Å²) in [6, 6.07) is 0. The minimum absolute atomic E-state index is 0.0363. The third-order valence-electron chi connectivity index (χ3n) is 2.81. The van der Waals surface area contributed by atoms with E-state index in [1.54, 1.807) is 12.2 Å². The number of allylic oxidation sites excluding steroid dienone is 5. The first kappa shape index (κ1) is 18.2. The van der Waals surface area contributed by atoms with Gasteiger partial charge in [0, 0.05) is 23.7 Å². The third-order valence-corrected chi connectivity index (χ3v) is 2.81. The van der Waals surface area contributed by atoms with Gasteiger partial charge in [-0.05, 0) is 39.3 Å². The van der Waals surface area contributed by atoms with Gasteiger partial charge in [-0.2, -0.15) is 0 Å². The summed E-state index contributed by atoms with van der Waals surface area (Å²) >= 11 is 0. The predicted molar refractivity (Wildman–Crippen MR) is 87.3 cm³/mol. The maximum atomic E-state index is 11.8. The van der Waals surface area contributed by atoms with Gasteiger partial charge in [0.05, 0.1) is 0 Å². The van der Waals surface area contributed by atoms with E-state index in [0.29, 0.717) is 6.54 Å². The largest absolute Gasteiger partial charge is 0.380 e. The molecule has 0 saturated carbocycles. The van der Waals surface area contributed by atoms with Crippen molar-refractivity contribution in [3.05, 3.63) is 49.2 Å². The van der Waals surface area contributed by atoms with Crippen LogP contribution in [0.2, 0.25) is 0 Å². The van der Waals surface area contributed by atoms with Crippen molar-refractivity contribution in [3.8, 4) is 0 Å². The van der Waals surface area contributed by atoms with Crippen LogP contribution in [0.4, 0.5) is 0 Å². The lowest BCUT2D eigenvalue weighted by atomic mass is 9.90. The number of nitrogens with one attached hydrogen (secondary N) is 2. The molecule has 20 heavy (non-hydrogen) atoms. The summed E-state index contributed by atoms with van der Waals surface area (Å²) in [5.74, 6) is 0.0593. The van der Waals surface area contributed by atoms with Crippen LogP contribution in [-0.4, -0.2) is 18.0 Å². The van der Waals surface area contributed by atoms with Gasteiger partial charge in [0.2, 0.25) is 5.91 Å². The molecular formula is C17H28N2O. The molecule has 0 aromatic carbocycles. The summed E-state index contributed by atoms with van der Waals surface area (Å²) in [6.07, 6.45) is 9.91. The van der Waals surface area contributed by atoms with E-state index < -0.39 is 0 Å². The standard InChI is InChI=1S/C17H28N2O/c1-7-10-12-15(11-8-2)19-17(5,6)13-14(4)16(20)18-9-3/h7-8,10-12,14,19H,1-2,9,13H2,3-6H3,(H,18,20)/b12-10-,15-11+. The first-order valence-corrected chi connectivity index (χ1v) is 7.04. The monoisotopic (exact) mass is 276 g/mol. The molecule has 0 bridgehead atoms. The van der Waals surface area contributed by atoms with Gasteiger partial charge in [0.15, 0.2) is 0 Å². The van der Waals surface area contributed by atoms with Crippen molar-refractivity contribution in [2.75, 3.05) is 6.54 Å². The van der Waals surface area contributed by atoms with Crippen molar-refractivity contribution in [2.45, 2.75) is 39.7 Å². The molecule has 0 fully saturated rings. The SMILES string of the molecule is C=C/C=C\C(=C/C=C)NC(C)(C)CC(C)C(=O)NCC. The predicted octanol–water partition coefficient (Wildman–Crippen LogP) is 3.33. The summed E-state index contributed by atoms with van der Waals surface area (Å²) in [7, 11) is 0. The van der Waals surface area contributed by atoms with Gasteiger partial charge in [-0.1, -0.05) is 38.3 Å². The Balaban J connectivity index is 4.73. The van der Waals surface area contributed by atoms with Crippen molar-refractivity contribution in [2.24, 2.45) is 5.92 Å². The zero-order valence-corrected chi connectivity index (χ0v) is 13.2. The lowest BCUT2D eigenvalue weighted by Crippen LogP contribution is -2.42. The van der Waals surface area contributed by atoms with E-state index in [9.17, 15) is 4.79 Å². The van der Waals surface area contributed by atoms with Crippen molar-refractivity contribution in [1.29, 1.82) is 0 Å². The molecule has 0 aromatic rings. The molecule has 3 heteroatoms. The van der Waals surface area contributed by atoms with Crippen LogP contribution in [0.3, 0.4) is 0 Å². The molecule has 0 spiro atoms. The Morgan fingerprint density at radius 1 is 1.30 bits per heavy atom. The van der Waals surface area contributed by atoms with Crippen LogP contribution in [-0.2, 0) is 4.79 Å². The fraction of sp³-hybridized carbons (Fsp3) is 0.471. The quantitative estimate of drug-likeness (QED) is 0.634. The lowest BCUT2D eigenvalue weighted by Gasteiger charge is -2.30. The highest BCUT2D eigenvalue weighted by Crippen LogP contribution is 2.18. The number of amides is 1. The Labute approximate surface area is 123 Å². The highest BCUT2D eigenvalue weighted by Gasteiger charge is 2.24. The molecule has 0 aliphatic carbocycles. The van der Waals surface area contributed by atoms with Crippen molar-refractivity contribution >= 4 is 5.91 Å². The first-order chi connectivity index (χ1) is 9.36. The second-order valence-corrected chi connectivity index (χ2v) is 5.46. The fourth-order valence-electron chi connectivity index (χ4n) is 2.09. The number of rotatable bonds is 9. The van der Waals surface area contributed by atoms with E-state index in [2.05, 4.69) is 37.6 Å². The van der Waals surface area contributed by atoms with E-state index in [4.69, 9.17) is 0 Å². The zero-order valence-electron chi connectivity index (χ0n) is 13.2. The number of carbonyl (C=O) groups excluding carboxylic acids is 1. The molecule has 1 amide bonds. The van der Waals surface area contributed by atoms with Crippen molar-refractivity contribution in [3.63, 3.8) is 0 Å². The summed E-state index contributed by atoms with van der Waals surface area (Å²) < 4.78 is 0. The van der Waals surface area contributed by atoms with Crippen molar-refractivity contribution in [1.82, 2.24) is 10.6 Å². The Kier molecular flexibility index (Phi) is 8.37. The molecule has 0 heterocycles. The van der Waals surface area contributed by atoms with Crippen LogP contribution >= 0.6 is 0 Å². The maximum Gasteiger partial charge on any atom is 0.222 e.